The highest BCUT2D eigenvalue weighted by Crippen LogP contribution is 2.22. The maximum absolute atomic E-state index is 4.17. The number of aromatic nitrogens is 2. The summed E-state index contributed by atoms with van der Waals surface area (Å²) in [6.07, 6.45) is 8.65. The van der Waals surface area contributed by atoms with Crippen LogP contribution >= 0.6 is 0 Å². The van der Waals surface area contributed by atoms with Crippen LogP contribution in [-0.2, 0) is 6.42 Å². The Hall–Kier alpha value is -2.42. The Bertz CT molecular complexity index is 653. The van der Waals surface area contributed by atoms with Crippen LogP contribution in [0.5, 0.6) is 0 Å². The van der Waals surface area contributed by atoms with Crippen molar-refractivity contribution in [3.05, 3.63) is 66.6 Å². The van der Waals surface area contributed by atoms with Crippen LogP contribution < -0.4 is 0 Å². The lowest BCUT2D eigenvalue weighted by Gasteiger charge is -1.91. The topological polar surface area (TPSA) is 29.7 Å². The largest absolute Gasteiger partial charge is 0.307 e. The second kappa shape index (κ2) is 4.84. The average molecular weight is 235 g/mol. The molecule has 3 heterocycles. The van der Waals surface area contributed by atoms with E-state index in [9.17, 15) is 0 Å². The third kappa shape index (κ3) is 2.15. The fourth-order valence-electron chi connectivity index (χ4n) is 1.92. The second-order valence-electron chi connectivity index (χ2n) is 4.04. The number of benzene rings is 1. The summed E-state index contributed by atoms with van der Waals surface area (Å²) in [4.78, 5) is 8.26. The minimum atomic E-state index is 0.998. The maximum Gasteiger partial charge on any atom is 0.136 e. The SMILES string of the molecule is C1=Nc2ccccc2C1.c1ccn2ccnc2c1. The van der Waals surface area contributed by atoms with Crippen molar-refractivity contribution in [2.75, 3.05) is 0 Å². The number of rotatable bonds is 0. The molecule has 0 radical (unpaired) electrons. The number of pyridine rings is 1. The van der Waals surface area contributed by atoms with E-state index in [0.717, 1.165) is 17.8 Å². The fourth-order valence-corrected chi connectivity index (χ4v) is 1.92. The zero-order chi connectivity index (χ0) is 12.2. The Labute approximate surface area is 105 Å². The number of hydrogen-bond donors (Lipinski definition) is 0. The maximum atomic E-state index is 4.17. The molecule has 0 saturated heterocycles. The van der Waals surface area contributed by atoms with E-state index >= 15 is 0 Å². The second-order valence-corrected chi connectivity index (χ2v) is 4.04. The lowest BCUT2D eigenvalue weighted by Crippen LogP contribution is -1.77. The van der Waals surface area contributed by atoms with Crippen molar-refractivity contribution in [3.63, 3.8) is 0 Å². The van der Waals surface area contributed by atoms with Gasteiger partial charge in [0.25, 0.3) is 0 Å². The first-order valence-corrected chi connectivity index (χ1v) is 5.91. The lowest BCUT2D eigenvalue weighted by molar-refractivity contribution is 1.19. The summed E-state index contributed by atoms with van der Waals surface area (Å²) in [6, 6.07) is 14.1. The minimum absolute atomic E-state index is 0.998. The Morgan fingerprint density at radius 1 is 0.944 bits per heavy atom. The van der Waals surface area contributed by atoms with Gasteiger partial charge >= 0.3 is 0 Å². The first-order chi connectivity index (χ1) is 8.93. The first kappa shape index (κ1) is 10.7. The van der Waals surface area contributed by atoms with Crippen LogP contribution in [-0.4, -0.2) is 15.6 Å². The van der Waals surface area contributed by atoms with E-state index in [2.05, 4.69) is 16.0 Å². The van der Waals surface area contributed by atoms with Gasteiger partial charge in [-0.3, -0.25) is 4.99 Å². The molecule has 0 saturated carbocycles. The van der Waals surface area contributed by atoms with Gasteiger partial charge in [0, 0.05) is 31.2 Å². The lowest BCUT2D eigenvalue weighted by atomic mass is 10.2. The van der Waals surface area contributed by atoms with Gasteiger partial charge in [0.2, 0.25) is 0 Å². The minimum Gasteiger partial charge on any atom is -0.307 e. The van der Waals surface area contributed by atoms with Crippen LogP contribution in [0.2, 0.25) is 0 Å². The van der Waals surface area contributed by atoms with Crippen LogP contribution in [0.15, 0.2) is 66.0 Å². The van der Waals surface area contributed by atoms with Crippen LogP contribution in [0.4, 0.5) is 5.69 Å². The van der Waals surface area contributed by atoms with Gasteiger partial charge in [0.1, 0.15) is 5.65 Å². The van der Waals surface area contributed by atoms with Crippen LogP contribution in [0, 0.1) is 0 Å². The Balaban J connectivity index is 0.000000111. The molecule has 0 unspecified atom stereocenters. The smallest absolute Gasteiger partial charge is 0.136 e. The van der Waals surface area contributed by atoms with E-state index < -0.39 is 0 Å². The van der Waals surface area contributed by atoms with Gasteiger partial charge in [-0.05, 0) is 23.8 Å². The first-order valence-electron chi connectivity index (χ1n) is 5.91. The highest BCUT2D eigenvalue weighted by Gasteiger charge is 2.01. The Kier molecular flexibility index (Phi) is 2.88. The Morgan fingerprint density at radius 3 is 2.72 bits per heavy atom. The molecule has 0 atom stereocenters. The van der Waals surface area contributed by atoms with Gasteiger partial charge in [-0.2, -0.15) is 0 Å². The molecule has 88 valence electrons. The Morgan fingerprint density at radius 2 is 1.83 bits per heavy atom. The van der Waals surface area contributed by atoms with E-state index in [4.69, 9.17) is 0 Å². The highest BCUT2D eigenvalue weighted by atomic mass is 15.0. The van der Waals surface area contributed by atoms with Gasteiger partial charge in [0.05, 0.1) is 5.69 Å². The van der Waals surface area contributed by atoms with E-state index in [-0.39, 0.29) is 0 Å². The van der Waals surface area contributed by atoms with Crippen molar-refractivity contribution in [1.29, 1.82) is 0 Å². The van der Waals surface area contributed by atoms with Crippen molar-refractivity contribution in [1.82, 2.24) is 9.38 Å². The summed E-state index contributed by atoms with van der Waals surface area (Å²) in [7, 11) is 0. The van der Waals surface area contributed by atoms with Crippen molar-refractivity contribution in [2.45, 2.75) is 6.42 Å². The molecule has 1 aliphatic heterocycles. The molecule has 3 heteroatoms. The van der Waals surface area contributed by atoms with Gasteiger partial charge in [-0.15, -0.1) is 0 Å². The van der Waals surface area contributed by atoms with Crippen molar-refractivity contribution in [3.8, 4) is 0 Å². The number of fused-ring (bicyclic) bond motifs is 2. The molecule has 2 aromatic heterocycles. The predicted molar refractivity (Wildman–Crippen MR) is 73.5 cm³/mol. The van der Waals surface area contributed by atoms with E-state index in [1.165, 1.54) is 5.56 Å². The van der Waals surface area contributed by atoms with Crippen LogP contribution in [0.1, 0.15) is 5.56 Å². The van der Waals surface area contributed by atoms with Crippen LogP contribution in [0.3, 0.4) is 0 Å². The van der Waals surface area contributed by atoms with Gasteiger partial charge in [-0.25, -0.2) is 4.98 Å². The zero-order valence-corrected chi connectivity index (χ0v) is 9.90. The van der Waals surface area contributed by atoms with E-state index in [1.807, 2.05) is 59.4 Å². The monoisotopic (exact) mass is 235 g/mol. The quantitative estimate of drug-likeness (QED) is 0.588. The normalized spacial score (nSPS) is 12.0. The van der Waals surface area contributed by atoms with Crippen molar-refractivity contribution in [2.24, 2.45) is 4.99 Å². The summed E-state index contributed by atoms with van der Waals surface area (Å²) >= 11 is 0. The van der Waals surface area contributed by atoms with Gasteiger partial charge in [-0.1, -0.05) is 24.3 Å². The fraction of sp³-hybridized carbons (Fsp3) is 0.0667. The van der Waals surface area contributed by atoms with Gasteiger partial charge in [0.15, 0.2) is 0 Å². The molecule has 0 fully saturated rings. The summed E-state index contributed by atoms with van der Waals surface area (Å²) in [5.74, 6) is 0. The van der Waals surface area contributed by atoms with Crippen molar-refractivity contribution < 1.29 is 0 Å². The molecular weight excluding hydrogens is 222 g/mol. The zero-order valence-electron chi connectivity index (χ0n) is 9.90. The predicted octanol–water partition coefficient (Wildman–Crippen LogP) is 3.28. The van der Waals surface area contributed by atoms with Crippen molar-refractivity contribution >= 4 is 17.5 Å². The number of aliphatic imine (C=N–C) groups is 1. The molecular formula is C15H13N3. The molecule has 18 heavy (non-hydrogen) atoms. The number of nitrogens with zero attached hydrogens (tertiary/aromatic N) is 3. The molecule has 0 spiro atoms. The molecule has 0 aliphatic carbocycles. The summed E-state index contributed by atoms with van der Waals surface area (Å²) in [5.41, 5.74) is 3.48. The number of imidazole rings is 1. The number of hydrogen-bond acceptors (Lipinski definition) is 2. The molecule has 0 N–H and O–H groups in total. The molecule has 3 nitrogen and oxygen atoms in total. The number of para-hydroxylation sites is 1. The molecule has 0 amide bonds. The molecule has 0 bridgehead atoms. The summed E-state index contributed by atoms with van der Waals surface area (Å²) in [5, 5.41) is 0. The summed E-state index contributed by atoms with van der Waals surface area (Å²) < 4.78 is 1.97. The van der Waals surface area contributed by atoms with Gasteiger partial charge < -0.3 is 4.40 Å². The summed E-state index contributed by atoms with van der Waals surface area (Å²) in [6.45, 7) is 0. The molecule has 3 aromatic rings. The van der Waals surface area contributed by atoms with E-state index in [1.54, 1.807) is 6.20 Å². The third-order valence-corrected chi connectivity index (χ3v) is 2.83. The highest BCUT2D eigenvalue weighted by molar-refractivity contribution is 5.75. The third-order valence-electron chi connectivity index (χ3n) is 2.83. The molecule has 1 aliphatic rings. The van der Waals surface area contributed by atoms with Crippen LogP contribution in [0.25, 0.3) is 5.65 Å². The average Bonchev–Trinajstić information content (AvgIpc) is 3.08. The molecule has 4 rings (SSSR count). The standard InChI is InChI=1S/C8H7N.C7H6N2/c1-2-4-8-7(3-1)5-6-9-8;1-2-5-9-6-4-8-7(9)3-1/h1-4,6H,5H2;1-6H. The molecule has 1 aromatic carbocycles. The van der Waals surface area contributed by atoms with E-state index in [0.29, 0.717) is 0 Å².